The molecule has 1 saturated carbocycles. The van der Waals surface area contributed by atoms with E-state index in [2.05, 4.69) is 6.08 Å². The molecule has 1 fully saturated rings. The van der Waals surface area contributed by atoms with Gasteiger partial charge < -0.3 is 9.47 Å². The summed E-state index contributed by atoms with van der Waals surface area (Å²) in [6.07, 6.45) is 10.7. The van der Waals surface area contributed by atoms with Crippen LogP contribution in [0.2, 0.25) is 0 Å². The van der Waals surface area contributed by atoms with Crippen LogP contribution in [0, 0.1) is 5.92 Å². The summed E-state index contributed by atoms with van der Waals surface area (Å²) in [7, 11) is 1.66. The molecule has 0 heterocycles. The van der Waals surface area contributed by atoms with Gasteiger partial charge in [-0.25, -0.2) is 0 Å². The van der Waals surface area contributed by atoms with Crippen molar-refractivity contribution in [2.45, 2.75) is 51.7 Å². The van der Waals surface area contributed by atoms with Crippen molar-refractivity contribution >= 4 is 0 Å². The minimum atomic E-state index is -0.495. The highest BCUT2D eigenvalue weighted by Crippen LogP contribution is 2.24. The van der Waals surface area contributed by atoms with Crippen LogP contribution in [-0.4, -0.2) is 12.9 Å². The molecule has 0 bridgehead atoms. The van der Waals surface area contributed by atoms with Gasteiger partial charge in [-0.05, 0) is 24.8 Å². The normalized spacial score (nSPS) is 20.2. The maximum atomic E-state index is 5.48. The highest BCUT2D eigenvalue weighted by molar-refractivity contribution is 4.85. The summed E-state index contributed by atoms with van der Waals surface area (Å²) in [6.45, 7) is 3.83. The van der Waals surface area contributed by atoms with E-state index in [4.69, 9.17) is 9.47 Å². The molecule has 0 saturated heterocycles. The summed E-state index contributed by atoms with van der Waals surface area (Å²) >= 11 is 0. The highest BCUT2D eigenvalue weighted by Gasteiger charge is 2.15. The van der Waals surface area contributed by atoms with E-state index in [-0.39, 0.29) is 0 Å². The maximum absolute atomic E-state index is 5.48. The molecular formula is C12H22O2. The lowest BCUT2D eigenvalue weighted by atomic mass is 9.89. The summed E-state index contributed by atoms with van der Waals surface area (Å²) in [5.74, 6) is 0.224. The van der Waals surface area contributed by atoms with Gasteiger partial charge in [-0.3, -0.25) is 0 Å². The number of rotatable bonds is 4. The predicted octanol–water partition coefficient (Wildman–Crippen LogP) is 3.48. The Labute approximate surface area is 87.3 Å². The van der Waals surface area contributed by atoms with Gasteiger partial charge in [0.25, 0.3) is 0 Å². The molecule has 0 N–H and O–H groups in total. The fourth-order valence-corrected chi connectivity index (χ4v) is 1.69. The minimum Gasteiger partial charge on any atom is -0.471 e. The van der Waals surface area contributed by atoms with Gasteiger partial charge in [0.2, 0.25) is 5.79 Å². The van der Waals surface area contributed by atoms with Gasteiger partial charge in [0.05, 0.1) is 6.26 Å². The van der Waals surface area contributed by atoms with Gasteiger partial charge in [-0.2, -0.15) is 0 Å². The molecule has 0 aliphatic heterocycles. The Morgan fingerprint density at radius 2 is 1.79 bits per heavy atom. The third-order valence-corrected chi connectivity index (χ3v) is 2.84. The molecule has 2 heteroatoms. The molecule has 0 radical (unpaired) electrons. The van der Waals surface area contributed by atoms with Crippen LogP contribution in [0.1, 0.15) is 46.0 Å². The van der Waals surface area contributed by atoms with E-state index in [9.17, 15) is 0 Å². The Morgan fingerprint density at radius 3 is 2.36 bits per heavy atom. The van der Waals surface area contributed by atoms with Crippen LogP contribution in [0.3, 0.4) is 0 Å². The van der Waals surface area contributed by atoms with Crippen molar-refractivity contribution in [1.29, 1.82) is 0 Å². The molecule has 82 valence electrons. The van der Waals surface area contributed by atoms with Gasteiger partial charge in [0.15, 0.2) is 0 Å². The number of hydrogen-bond donors (Lipinski definition) is 0. The minimum absolute atomic E-state index is 0.495. The van der Waals surface area contributed by atoms with Crippen LogP contribution in [-0.2, 0) is 9.47 Å². The zero-order valence-electron chi connectivity index (χ0n) is 9.58. The van der Waals surface area contributed by atoms with Crippen LogP contribution in [0.15, 0.2) is 12.3 Å². The molecule has 1 aliphatic rings. The van der Waals surface area contributed by atoms with E-state index in [1.807, 2.05) is 13.8 Å². The zero-order valence-corrected chi connectivity index (χ0v) is 9.58. The SMILES string of the molecule is COC(C)(C)OC=CC1CCCCC1. The number of ether oxygens (including phenoxy) is 2. The molecule has 14 heavy (non-hydrogen) atoms. The van der Waals surface area contributed by atoms with Crippen molar-refractivity contribution < 1.29 is 9.47 Å². The summed E-state index contributed by atoms with van der Waals surface area (Å²) in [4.78, 5) is 0. The van der Waals surface area contributed by atoms with Gasteiger partial charge in [0.1, 0.15) is 0 Å². The Balaban J connectivity index is 2.25. The summed E-state index contributed by atoms with van der Waals surface area (Å²) in [6, 6.07) is 0. The Kier molecular flexibility index (Phi) is 4.46. The van der Waals surface area contributed by atoms with Crippen LogP contribution in [0.25, 0.3) is 0 Å². The molecule has 2 nitrogen and oxygen atoms in total. The third kappa shape index (κ3) is 4.14. The molecule has 0 aromatic carbocycles. The topological polar surface area (TPSA) is 18.5 Å². The second-order valence-electron chi connectivity index (χ2n) is 4.45. The monoisotopic (exact) mass is 198 g/mol. The molecule has 0 amide bonds. The molecule has 0 atom stereocenters. The first kappa shape index (κ1) is 11.6. The van der Waals surface area contributed by atoms with Crippen molar-refractivity contribution in [2.75, 3.05) is 7.11 Å². The van der Waals surface area contributed by atoms with Crippen LogP contribution in [0.4, 0.5) is 0 Å². The summed E-state index contributed by atoms with van der Waals surface area (Å²) < 4.78 is 10.6. The maximum Gasteiger partial charge on any atom is 0.203 e. The molecule has 0 unspecified atom stereocenters. The highest BCUT2D eigenvalue weighted by atomic mass is 16.7. The van der Waals surface area contributed by atoms with Crippen LogP contribution < -0.4 is 0 Å². The smallest absolute Gasteiger partial charge is 0.203 e. The number of hydrogen-bond acceptors (Lipinski definition) is 2. The van der Waals surface area contributed by atoms with Gasteiger partial charge in [-0.1, -0.05) is 19.3 Å². The molecule has 1 aliphatic carbocycles. The average molecular weight is 198 g/mol. The second-order valence-corrected chi connectivity index (χ2v) is 4.45. The lowest BCUT2D eigenvalue weighted by molar-refractivity contribution is -0.161. The standard InChI is InChI=1S/C12H22O2/c1-12(2,13-3)14-10-9-11-7-5-4-6-8-11/h9-11H,4-8H2,1-3H3. The largest absolute Gasteiger partial charge is 0.471 e. The van der Waals surface area contributed by atoms with E-state index in [1.54, 1.807) is 13.4 Å². The second kappa shape index (κ2) is 5.40. The molecule has 0 aromatic rings. The molecule has 0 spiro atoms. The summed E-state index contributed by atoms with van der Waals surface area (Å²) in [5.41, 5.74) is 0. The van der Waals surface area contributed by atoms with E-state index in [1.165, 1.54) is 32.1 Å². The fraction of sp³-hybridized carbons (Fsp3) is 0.833. The van der Waals surface area contributed by atoms with Crippen molar-refractivity contribution in [2.24, 2.45) is 5.92 Å². The fourth-order valence-electron chi connectivity index (χ4n) is 1.69. The first-order valence-electron chi connectivity index (χ1n) is 5.54. The van der Waals surface area contributed by atoms with Gasteiger partial charge in [-0.15, -0.1) is 0 Å². The zero-order chi connectivity index (χ0) is 10.4. The van der Waals surface area contributed by atoms with E-state index < -0.39 is 5.79 Å². The van der Waals surface area contributed by atoms with Crippen molar-refractivity contribution in [1.82, 2.24) is 0 Å². The quantitative estimate of drug-likeness (QED) is 0.508. The lowest BCUT2D eigenvalue weighted by Crippen LogP contribution is -2.24. The number of methoxy groups -OCH3 is 1. The lowest BCUT2D eigenvalue weighted by Gasteiger charge is -2.23. The van der Waals surface area contributed by atoms with Crippen molar-refractivity contribution in [3.05, 3.63) is 12.3 Å². The van der Waals surface area contributed by atoms with Crippen molar-refractivity contribution in [3.8, 4) is 0 Å². The number of allylic oxidation sites excluding steroid dienone is 1. The van der Waals surface area contributed by atoms with Crippen LogP contribution in [0.5, 0.6) is 0 Å². The molecular weight excluding hydrogens is 176 g/mol. The van der Waals surface area contributed by atoms with Gasteiger partial charge in [0, 0.05) is 21.0 Å². The van der Waals surface area contributed by atoms with Crippen molar-refractivity contribution in [3.63, 3.8) is 0 Å². The molecule has 1 rings (SSSR count). The van der Waals surface area contributed by atoms with E-state index >= 15 is 0 Å². The Bertz CT molecular complexity index is 179. The van der Waals surface area contributed by atoms with Gasteiger partial charge >= 0.3 is 0 Å². The summed E-state index contributed by atoms with van der Waals surface area (Å²) in [5, 5.41) is 0. The third-order valence-electron chi connectivity index (χ3n) is 2.84. The predicted molar refractivity (Wildman–Crippen MR) is 57.9 cm³/mol. The Morgan fingerprint density at radius 1 is 1.14 bits per heavy atom. The first-order chi connectivity index (χ1) is 6.64. The molecule has 0 aromatic heterocycles. The van der Waals surface area contributed by atoms with E-state index in [0.29, 0.717) is 0 Å². The Hall–Kier alpha value is -0.500. The van der Waals surface area contributed by atoms with Crippen LogP contribution >= 0.6 is 0 Å². The average Bonchev–Trinajstić information content (AvgIpc) is 2.19. The first-order valence-corrected chi connectivity index (χ1v) is 5.54. The van der Waals surface area contributed by atoms with E-state index in [0.717, 1.165) is 5.92 Å².